The van der Waals surface area contributed by atoms with Crippen molar-refractivity contribution in [1.82, 2.24) is 4.57 Å². The molecule has 1 aromatic heterocycles. The zero-order valence-corrected chi connectivity index (χ0v) is 16.4. The van der Waals surface area contributed by atoms with Crippen LogP contribution in [0.25, 0.3) is 5.69 Å². The van der Waals surface area contributed by atoms with Gasteiger partial charge in [0, 0.05) is 30.3 Å². The summed E-state index contributed by atoms with van der Waals surface area (Å²) in [4.78, 5) is 24.3. The second kappa shape index (κ2) is 7.47. The second-order valence-electron chi connectivity index (χ2n) is 6.92. The number of nitrogens with zero attached hydrogens (tertiary/aromatic N) is 1. The Kier molecular flexibility index (Phi) is 4.83. The van der Waals surface area contributed by atoms with Gasteiger partial charge < -0.3 is 29.6 Å². The van der Waals surface area contributed by atoms with Crippen molar-refractivity contribution in [2.75, 3.05) is 19.5 Å². The maximum Gasteiger partial charge on any atom is 0.339 e. The molecule has 1 amide bonds. The maximum atomic E-state index is 12.4. The Morgan fingerprint density at radius 3 is 2.67 bits per heavy atom. The molecule has 0 radical (unpaired) electrons. The average Bonchev–Trinajstić information content (AvgIpc) is 3.13. The number of nitrogens with one attached hydrogen (secondary N) is 1. The summed E-state index contributed by atoms with van der Waals surface area (Å²) in [5, 5.41) is 22.4. The summed E-state index contributed by atoms with van der Waals surface area (Å²) in [6.45, 7) is 0. The van der Waals surface area contributed by atoms with Gasteiger partial charge in [0.05, 0.1) is 25.6 Å². The van der Waals surface area contributed by atoms with E-state index in [1.807, 2.05) is 6.07 Å². The van der Waals surface area contributed by atoms with Crippen molar-refractivity contribution in [1.29, 1.82) is 0 Å². The molecular weight excluding hydrogens is 388 g/mol. The van der Waals surface area contributed by atoms with Crippen molar-refractivity contribution in [2.45, 2.75) is 12.3 Å². The fraction of sp³-hybridized carbons (Fsp3) is 0.182. The number of methoxy groups -OCH3 is 2. The van der Waals surface area contributed by atoms with Gasteiger partial charge in [0.15, 0.2) is 11.5 Å². The zero-order valence-electron chi connectivity index (χ0n) is 16.4. The van der Waals surface area contributed by atoms with Crippen LogP contribution in [0.15, 0.2) is 48.7 Å². The van der Waals surface area contributed by atoms with E-state index in [2.05, 4.69) is 5.32 Å². The van der Waals surface area contributed by atoms with Gasteiger partial charge in [-0.05, 0) is 29.8 Å². The number of hydrogen-bond acceptors (Lipinski definition) is 5. The first-order valence-corrected chi connectivity index (χ1v) is 9.22. The molecule has 8 heteroatoms. The molecule has 0 saturated carbocycles. The molecule has 1 atom stereocenters. The molecule has 30 heavy (non-hydrogen) atoms. The van der Waals surface area contributed by atoms with Crippen molar-refractivity contribution >= 4 is 17.6 Å². The number of carboxylic acid groups (broad SMARTS) is 1. The first-order valence-electron chi connectivity index (χ1n) is 9.22. The molecule has 0 spiro atoms. The lowest BCUT2D eigenvalue weighted by atomic mass is 9.88. The van der Waals surface area contributed by atoms with E-state index in [0.717, 1.165) is 5.56 Å². The Hall–Kier alpha value is -3.94. The van der Waals surface area contributed by atoms with E-state index in [-0.39, 0.29) is 35.1 Å². The molecule has 1 aliphatic heterocycles. The summed E-state index contributed by atoms with van der Waals surface area (Å²) in [7, 11) is 3.00. The maximum absolute atomic E-state index is 12.4. The molecule has 0 aliphatic carbocycles. The van der Waals surface area contributed by atoms with Crippen molar-refractivity contribution in [3.8, 4) is 22.9 Å². The molecule has 154 valence electrons. The Bertz CT molecular complexity index is 1150. The number of carboxylic acids is 1. The fourth-order valence-corrected chi connectivity index (χ4v) is 3.79. The zero-order chi connectivity index (χ0) is 21.4. The van der Waals surface area contributed by atoms with E-state index in [1.54, 1.807) is 42.0 Å². The van der Waals surface area contributed by atoms with Crippen LogP contribution in [0, 0.1) is 0 Å². The topological polar surface area (TPSA) is 110 Å². The third kappa shape index (κ3) is 3.22. The summed E-state index contributed by atoms with van der Waals surface area (Å²) in [5.41, 5.74) is 2.31. The Balaban J connectivity index is 1.96. The van der Waals surface area contributed by atoms with Crippen molar-refractivity contribution in [2.24, 2.45) is 0 Å². The van der Waals surface area contributed by atoms with Gasteiger partial charge in [-0.1, -0.05) is 12.1 Å². The van der Waals surface area contributed by atoms with Crippen molar-refractivity contribution < 1.29 is 29.3 Å². The standard InChI is InChI=1S/C22H20N2O6/c1-29-14-5-3-4-13(9-14)24-11-16(22(27)28)20-21(24)15(10-19(26)23-20)12-6-7-17(25)18(8-12)30-2/h3-9,11,15,25H,10H2,1-2H3,(H,23,26)(H,27,28). The minimum atomic E-state index is -1.14. The van der Waals surface area contributed by atoms with Crippen LogP contribution in [0.3, 0.4) is 0 Å². The molecular formula is C22H20N2O6. The van der Waals surface area contributed by atoms with Gasteiger partial charge in [-0.2, -0.15) is 0 Å². The molecule has 0 bridgehead atoms. The van der Waals surface area contributed by atoms with Crippen LogP contribution in [-0.2, 0) is 4.79 Å². The van der Waals surface area contributed by atoms with Crippen LogP contribution in [0.4, 0.5) is 5.69 Å². The van der Waals surface area contributed by atoms with Gasteiger partial charge in [-0.3, -0.25) is 4.79 Å². The van der Waals surface area contributed by atoms with Crippen LogP contribution >= 0.6 is 0 Å². The number of aromatic hydroxyl groups is 1. The molecule has 3 N–H and O–H groups in total. The van der Waals surface area contributed by atoms with Gasteiger partial charge in [0.25, 0.3) is 0 Å². The number of aromatic carboxylic acids is 1. The van der Waals surface area contributed by atoms with Gasteiger partial charge in [0.2, 0.25) is 5.91 Å². The van der Waals surface area contributed by atoms with Crippen LogP contribution in [0.5, 0.6) is 17.2 Å². The van der Waals surface area contributed by atoms with E-state index in [4.69, 9.17) is 9.47 Å². The lowest BCUT2D eigenvalue weighted by molar-refractivity contribution is -0.116. The van der Waals surface area contributed by atoms with E-state index in [0.29, 0.717) is 17.1 Å². The molecule has 1 unspecified atom stereocenters. The highest BCUT2D eigenvalue weighted by Gasteiger charge is 2.34. The highest BCUT2D eigenvalue weighted by molar-refractivity contribution is 6.04. The lowest BCUT2D eigenvalue weighted by Crippen LogP contribution is -2.25. The lowest BCUT2D eigenvalue weighted by Gasteiger charge is -2.26. The monoisotopic (exact) mass is 408 g/mol. The number of anilines is 1. The van der Waals surface area contributed by atoms with Crippen LogP contribution in [0.1, 0.15) is 34.0 Å². The van der Waals surface area contributed by atoms with E-state index >= 15 is 0 Å². The molecule has 0 saturated heterocycles. The Morgan fingerprint density at radius 1 is 1.17 bits per heavy atom. The molecule has 2 heterocycles. The molecule has 3 aromatic rings. The first-order chi connectivity index (χ1) is 14.4. The number of rotatable bonds is 5. The summed E-state index contributed by atoms with van der Waals surface area (Å²) in [6.07, 6.45) is 1.62. The van der Waals surface area contributed by atoms with Crippen LogP contribution in [-0.4, -0.2) is 40.9 Å². The molecule has 8 nitrogen and oxygen atoms in total. The number of amides is 1. The molecule has 4 rings (SSSR count). The minimum absolute atomic E-state index is 0.00314. The van der Waals surface area contributed by atoms with E-state index < -0.39 is 11.9 Å². The smallest absolute Gasteiger partial charge is 0.339 e. The Labute approximate surface area is 172 Å². The van der Waals surface area contributed by atoms with Gasteiger partial charge in [-0.25, -0.2) is 4.79 Å². The second-order valence-corrected chi connectivity index (χ2v) is 6.92. The third-order valence-corrected chi connectivity index (χ3v) is 5.20. The van der Waals surface area contributed by atoms with E-state index in [9.17, 15) is 19.8 Å². The predicted octanol–water partition coefficient (Wildman–Crippen LogP) is 3.37. The molecule has 0 fully saturated rings. The molecule has 1 aliphatic rings. The number of carbonyl (C=O) groups is 2. The van der Waals surface area contributed by atoms with Gasteiger partial charge in [0.1, 0.15) is 11.3 Å². The van der Waals surface area contributed by atoms with Gasteiger partial charge in [-0.15, -0.1) is 0 Å². The molecule has 2 aromatic carbocycles. The summed E-state index contributed by atoms with van der Waals surface area (Å²) in [5.74, 6) is -0.992. The summed E-state index contributed by atoms with van der Waals surface area (Å²) >= 11 is 0. The number of aromatic nitrogens is 1. The fourth-order valence-electron chi connectivity index (χ4n) is 3.79. The first kappa shape index (κ1) is 19.4. The highest BCUT2D eigenvalue weighted by atomic mass is 16.5. The Morgan fingerprint density at radius 2 is 1.97 bits per heavy atom. The predicted molar refractivity (Wildman–Crippen MR) is 109 cm³/mol. The number of benzene rings is 2. The number of fused-ring (bicyclic) bond motifs is 1. The van der Waals surface area contributed by atoms with Gasteiger partial charge >= 0.3 is 5.97 Å². The number of hydrogen-bond donors (Lipinski definition) is 3. The normalized spacial score (nSPS) is 15.3. The number of phenolic OH excluding ortho intramolecular Hbond substituents is 1. The van der Waals surface area contributed by atoms with Crippen molar-refractivity contribution in [3.63, 3.8) is 0 Å². The number of carbonyl (C=O) groups excluding carboxylic acids is 1. The van der Waals surface area contributed by atoms with Crippen LogP contribution in [0.2, 0.25) is 0 Å². The average molecular weight is 408 g/mol. The summed E-state index contributed by atoms with van der Waals surface area (Å²) < 4.78 is 12.3. The van der Waals surface area contributed by atoms with Crippen LogP contribution < -0.4 is 14.8 Å². The largest absolute Gasteiger partial charge is 0.504 e. The van der Waals surface area contributed by atoms with E-state index in [1.165, 1.54) is 19.4 Å². The summed E-state index contributed by atoms with van der Waals surface area (Å²) in [6, 6.07) is 12.1. The SMILES string of the molecule is COc1cccc(-n2cc(C(=O)O)c3c2C(c2ccc(O)c(OC)c2)CC(=O)N3)c1. The highest BCUT2D eigenvalue weighted by Crippen LogP contribution is 2.43. The quantitative estimate of drug-likeness (QED) is 0.597. The number of phenols is 1. The third-order valence-electron chi connectivity index (χ3n) is 5.20. The number of ether oxygens (including phenoxy) is 2. The van der Waals surface area contributed by atoms with Crippen molar-refractivity contribution in [3.05, 3.63) is 65.5 Å². The minimum Gasteiger partial charge on any atom is -0.504 e.